The first-order valence-corrected chi connectivity index (χ1v) is 5.25. The van der Waals surface area contributed by atoms with Crippen LogP contribution in [0.25, 0.3) is 11.1 Å². The molecule has 0 fully saturated rings. The number of nitrogens with two attached hydrogens (primary N) is 1. The minimum atomic E-state index is 0.835. The van der Waals surface area contributed by atoms with E-state index in [-0.39, 0.29) is 0 Å². The van der Waals surface area contributed by atoms with Crippen LogP contribution in [0.1, 0.15) is 12.5 Å². The number of hydrogen-bond acceptors (Lipinski definition) is 1. The standard InChI is InChI=1S/C14H15N/c1-2-11-7-9-12(10-8-11)13-5-3-4-6-14(13)15/h3-10H,2,15H2,1H3. The van der Waals surface area contributed by atoms with Gasteiger partial charge in [0.05, 0.1) is 0 Å². The molecule has 2 rings (SSSR count). The lowest BCUT2D eigenvalue weighted by molar-refractivity contribution is 1.14. The number of anilines is 1. The first-order valence-electron chi connectivity index (χ1n) is 5.25. The van der Waals surface area contributed by atoms with E-state index >= 15 is 0 Å². The summed E-state index contributed by atoms with van der Waals surface area (Å²) in [5.74, 6) is 0. The summed E-state index contributed by atoms with van der Waals surface area (Å²) in [5.41, 5.74) is 10.4. The van der Waals surface area contributed by atoms with Gasteiger partial charge in [-0.15, -0.1) is 0 Å². The van der Waals surface area contributed by atoms with Crippen molar-refractivity contribution in [3.63, 3.8) is 0 Å². The van der Waals surface area contributed by atoms with E-state index in [9.17, 15) is 0 Å². The largest absolute Gasteiger partial charge is 0.398 e. The van der Waals surface area contributed by atoms with E-state index in [4.69, 9.17) is 5.73 Å². The van der Waals surface area contributed by atoms with E-state index < -0.39 is 0 Å². The van der Waals surface area contributed by atoms with Crippen LogP contribution in [0.3, 0.4) is 0 Å². The SMILES string of the molecule is CCc1ccc(-c2ccccc2N)cc1. The Hall–Kier alpha value is -1.76. The molecule has 2 aromatic carbocycles. The van der Waals surface area contributed by atoms with Gasteiger partial charge in [-0.2, -0.15) is 0 Å². The van der Waals surface area contributed by atoms with Gasteiger partial charge >= 0.3 is 0 Å². The topological polar surface area (TPSA) is 26.0 Å². The maximum Gasteiger partial charge on any atom is 0.0393 e. The average Bonchev–Trinajstić information content (AvgIpc) is 2.30. The van der Waals surface area contributed by atoms with Gasteiger partial charge in [0.15, 0.2) is 0 Å². The Morgan fingerprint density at radius 1 is 0.933 bits per heavy atom. The predicted molar refractivity (Wildman–Crippen MR) is 65.7 cm³/mol. The summed E-state index contributed by atoms with van der Waals surface area (Å²) in [6, 6.07) is 16.5. The second-order valence-electron chi connectivity index (χ2n) is 3.64. The van der Waals surface area contributed by atoms with Gasteiger partial charge in [0.1, 0.15) is 0 Å². The highest BCUT2D eigenvalue weighted by molar-refractivity contribution is 5.76. The molecule has 0 amide bonds. The third-order valence-electron chi connectivity index (χ3n) is 2.63. The van der Waals surface area contributed by atoms with Crippen LogP contribution < -0.4 is 5.73 Å². The summed E-state index contributed by atoms with van der Waals surface area (Å²) in [4.78, 5) is 0. The molecule has 0 radical (unpaired) electrons. The summed E-state index contributed by atoms with van der Waals surface area (Å²) >= 11 is 0. The summed E-state index contributed by atoms with van der Waals surface area (Å²) in [6.07, 6.45) is 1.07. The highest BCUT2D eigenvalue weighted by atomic mass is 14.6. The van der Waals surface area contributed by atoms with Crippen molar-refractivity contribution in [3.8, 4) is 11.1 Å². The normalized spacial score (nSPS) is 10.2. The molecule has 0 aliphatic rings. The number of hydrogen-bond donors (Lipinski definition) is 1. The Bertz CT molecular complexity index is 443. The zero-order chi connectivity index (χ0) is 10.7. The van der Waals surface area contributed by atoms with Crippen molar-refractivity contribution in [2.75, 3.05) is 5.73 Å². The van der Waals surface area contributed by atoms with Crippen molar-refractivity contribution >= 4 is 5.69 Å². The lowest BCUT2D eigenvalue weighted by atomic mass is 10.0. The molecule has 76 valence electrons. The Morgan fingerprint density at radius 3 is 2.20 bits per heavy atom. The lowest BCUT2D eigenvalue weighted by Crippen LogP contribution is -1.89. The smallest absolute Gasteiger partial charge is 0.0393 e. The second kappa shape index (κ2) is 4.18. The van der Waals surface area contributed by atoms with Crippen LogP contribution in [0.4, 0.5) is 5.69 Å². The van der Waals surface area contributed by atoms with E-state index in [1.807, 2.05) is 18.2 Å². The van der Waals surface area contributed by atoms with Crippen LogP contribution in [0.15, 0.2) is 48.5 Å². The molecule has 0 aliphatic heterocycles. The van der Waals surface area contributed by atoms with Crippen molar-refractivity contribution in [1.82, 2.24) is 0 Å². The number of nitrogen functional groups attached to an aromatic ring is 1. The quantitative estimate of drug-likeness (QED) is 0.733. The lowest BCUT2D eigenvalue weighted by Gasteiger charge is -2.06. The highest BCUT2D eigenvalue weighted by Gasteiger charge is 2.00. The molecule has 0 aliphatic carbocycles. The number of benzene rings is 2. The molecule has 2 aromatic rings. The van der Waals surface area contributed by atoms with Gasteiger partial charge in [-0.3, -0.25) is 0 Å². The van der Waals surface area contributed by atoms with Gasteiger partial charge in [-0.05, 0) is 23.6 Å². The van der Waals surface area contributed by atoms with Crippen LogP contribution >= 0.6 is 0 Å². The second-order valence-corrected chi connectivity index (χ2v) is 3.64. The van der Waals surface area contributed by atoms with Crippen molar-refractivity contribution < 1.29 is 0 Å². The Morgan fingerprint density at radius 2 is 1.60 bits per heavy atom. The molecule has 1 heteroatoms. The first kappa shape index (κ1) is 9.78. The molecule has 0 bridgehead atoms. The van der Waals surface area contributed by atoms with E-state index in [1.165, 1.54) is 11.1 Å². The van der Waals surface area contributed by atoms with Gasteiger partial charge < -0.3 is 5.73 Å². The van der Waals surface area contributed by atoms with Crippen LogP contribution in [-0.4, -0.2) is 0 Å². The van der Waals surface area contributed by atoms with Crippen molar-refractivity contribution in [2.45, 2.75) is 13.3 Å². The van der Waals surface area contributed by atoms with Crippen molar-refractivity contribution in [1.29, 1.82) is 0 Å². The summed E-state index contributed by atoms with van der Waals surface area (Å²) in [6.45, 7) is 2.16. The molecule has 0 heterocycles. The van der Waals surface area contributed by atoms with Gasteiger partial charge in [-0.25, -0.2) is 0 Å². The van der Waals surface area contributed by atoms with E-state index in [2.05, 4.69) is 37.3 Å². The third kappa shape index (κ3) is 2.01. The molecule has 0 saturated heterocycles. The zero-order valence-electron chi connectivity index (χ0n) is 8.90. The maximum atomic E-state index is 5.92. The van der Waals surface area contributed by atoms with E-state index in [0.717, 1.165) is 17.7 Å². The average molecular weight is 197 g/mol. The van der Waals surface area contributed by atoms with Gasteiger partial charge in [-0.1, -0.05) is 49.4 Å². The molecule has 15 heavy (non-hydrogen) atoms. The first-order chi connectivity index (χ1) is 7.31. The monoisotopic (exact) mass is 197 g/mol. The van der Waals surface area contributed by atoms with E-state index in [0.29, 0.717) is 0 Å². The van der Waals surface area contributed by atoms with Gasteiger partial charge in [0.25, 0.3) is 0 Å². The van der Waals surface area contributed by atoms with Gasteiger partial charge in [0.2, 0.25) is 0 Å². The van der Waals surface area contributed by atoms with Crippen molar-refractivity contribution in [2.24, 2.45) is 0 Å². The fourth-order valence-corrected chi connectivity index (χ4v) is 1.68. The Labute approximate surface area is 90.6 Å². The van der Waals surface area contributed by atoms with Crippen LogP contribution in [0.5, 0.6) is 0 Å². The summed E-state index contributed by atoms with van der Waals surface area (Å²) < 4.78 is 0. The maximum absolute atomic E-state index is 5.92. The van der Waals surface area contributed by atoms with Crippen molar-refractivity contribution in [3.05, 3.63) is 54.1 Å². The van der Waals surface area contributed by atoms with Crippen LogP contribution in [0, 0.1) is 0 Å². The number of aryl methyl sites for hydroxylation is 1. The van der Waals surface area contributed by atoms with E-state index in [1.54, 1.807) is 0 Å². The predicted octanol–water partition coefficient (Wildman–Crippen LogP) is 3.50. The molecule has 2 N–H and O–H groups in total. The molecule has 0 spiro atoms. The summed E-state index contributed by atoms with van der Waals surface area (Å²) in [7, 11) is 0. The highest BCUT2D eigenvalue weighted by Crippen LogP contribution is 2.25. The fraction of sp³-hybridized carbons (Fsp3) is 0.143. The minimum absolute atomic E-state index is 0.835. The van der Waals surface area contributed by atoms with Gasteiger partial charge in [0, 0.05) is 11.3 Å². The minimum Gasteiger partial charge on any atom is -0.398 e. The molecule has 0 aromatic heterocycles. The molecular formula is C14H15N. The molecular weight excluding hydrogens is 182 g/mol. The zero-order valence-corrected chi connectivity index (χ0v) is 8.90. The summed E-state index contributed by atoms with van der Waals surface area (Å²) in [5, 5.41) is 0. The molecule has 0 saturated carbocycles. The Balaban J connectivity index is 2.42. The molecule has 0 atom stereocenters. The molecule has 1 nitrogen and oxygen atoms in total. The number of rotatable bonds is 2. The number of para-hydroxylation sites is 1. The fourth-order valence-electron chi connectivity index (χ4n) is 1.68. The molecule has 0 unspecified atom stereocenters. The third-order valence-corrected chi connectivity index (χ3v) is 2.63. The Kier molecular flexibility index (Phi) is 2.72. The van der Waals surface area contributed by atoms with Crippen LogP contribution in [-0.2, 0) is 6.42 Å². The van der Waals surface area contributed by atoms with Crippen LogP contribution in [0.2, 0.25) is 0 Å².